The van der Waals surface area contributed by atoms with Gasteiger partial charge in [0.2, 0.25) is 0 Å². The van der Waals surface area contributed by atoms with Crippen molar-refractivity contribution < 1.29 is 14.3 Å². The Kier molecular flexibility index (Phi) is 5.41. The van der Waals surface area contributed by atoms with Crippen LogP contribution in [0.5, 0.6) is 0 Å². The standard InChI is InChI=1S/C20H20N4O4S/c1-24(11-16-22-14-7-9-29-17(14)19(26)23-16)20(27)12-4-2-5-13(10-12)21-18(25)15-6-3-8-28-15/h2,4-5,7,9-10,15H,3,6,8,11H2,1H3,(H,21,25)(H,22,23,26). The molecule has 9 heteroatoms. The fourth-order valence-corrected chi connectivity index (χ4v) is 3.98. The van der Waals surface area contributed by atoms with Gasteiger partial charge in [-0.3, -0.25) is 14.4 Å². The molecule has 3 aromatic rings. The number of hydrogen-bond donors (Lipinski definition) is 2. The monoisotopic (exact) mass is 412 g/mol. The lowest BCUT2D eigenvalue weighted by Gasteiger charge is -2.17. The third-order valence-corrected chi connectivity index (χ3v) is 5.60. The van der Waals surface area contributed by atoms with E-state index in [1.165, 1.54) is 16.2 Å². The molecule has 4 rings (SSSR count). The van der Waals surface area contributed by atoms with Crippen LogP contribution in [-0.4, -0.2) is 46.4 Å². The second kappa shape index (κ2) is 8.14. The maximum Gasteiger partial charge on any atom is 0.268 e. The average Bonchev–Trinajstić information content (AvgIpc) is 3.39. The Bertz CT molecular complexity index is 1120. The fraction of sp³-hybridized carbons (Fsp3) is 0.300. The lowest BCUT2D eigenvalue weighted by Crippen LogP contribution is -2.29. The van der Waals surface area contributed by atoms with Crippen molar-refractivity contribution in [3.63, 3.8) is 0 Å². The predicted octanol–water partition coefficient (Wildman–Crippen LogP) is 2.37. The predicted molar refractivity (Wildman–Crippen MR) is 110 cm³/mol. The molecule has 1 fully saturated rings. The van der Waals surface area contributed by atoms with Gasteiger partial charge in [0, 0.05) is 24.9 Å². The van der Waals surface area contributed by atoms with Gasteiger partial charge >= 0.3 is 0 Å². The van der Waals surface area contributed by atoms with Gasteiger partial charge in [-0.15, -0.1) is 11.3 Å². The first-order chi connectivity index (χ1) is 14.0. The molecule has 0 spiro atoms. The fourth-order valence-electron chi connectivity index (χ4n) is 3.25. The second-order valence-corrected chi connectivity index (χ2v) is 7.80. The van der Waals surface area contributed by atoms with Crippen LogP contribution in [0.25, 0.3) is 10.2 Å². The molecule has 2 aromatic heterocycles. The largest absolute Gasteiger partial charge is 0.368 e. The second-order valence-electron chi connectivity index (χ2n) is 6.88. The highest BCUT2D eigenvalue weighted by Gasteiger charge is 2.24. The number of fused-ring (bicyclic) bond motifs is 1. The number of carbonyl (C=O) groups excluding carboxylic acids is 2. The number of H-pyrrole nitrogens is 1. The smallest absolute Gasteiger partial charge is 0.268 e. The van der Waals surface area contributed by atoms with Crippen LogP contribution in [0.15, 0.2) is 40.5 Å². The number of anilines is 1. The summed E-state index contributed by atoms with van der Waals surface area (Å²) in [5.41, 5.74) is 1.38. The molecule has 1 atom stereocenters. The zero-order chi connectivity index (χ0) is 20.4. The van der Waals surface area contributed by atoms with Crippen LogP contribution < -0.4 is 10.9 Å². The van der Waals surface area contributed by atoms with E-state index in [9.17, 15) is 14.4 Å². The molecule has 0 radical (unpaired) electrons. The minimum atomic E-state index is -0.438. The molecular formula is C20H20N4O4S. The lowest BCUT2D eigenvalue weighted by atomic mass is 10.1. The van der Waals surface area contributed by atoms with Crippen molar-refractivity contribution in [3.05, 3.63) is 57.5 Å². The zero-order valence-electron chi connectivity index (χ0n) is 15.8. The summed E-state index contributed by atoms with van der Waals surface area (Å²) < 4.78 is 5.95. The number of thiophene rings is 1. The van der Waals surface area contributed by atoms with Crippen molar-refractivity contribution in [1.29, 1.82) is 0 Å². The number of ether oxygens (including phenoxy) is 1. The topological polar surface area (TPSA) is 104 Å². The summed E-state index contributed by atoms with van der Waals surface area (Å²) >= 11 is 1.33. The highest BCUT2D eigenvalue weighted by atomic mass is 32.1. The molecule has 8 nitrogen and oxygen atoms in total. The Hall–Kier alpha value is -3.04. The quantitative estimate of drug-likeness (QED) is 0.670. The first-order valence-electron chi connectivity index (χ1n) is 9.25. The highest BCUT2D eigenvalue weighted by Crippen LogP contribution is 2.18. The number of carbonyl (C=O) groups is 2. The zero-order valence-corrected chi connectivity index (χ0v) is 16.6. The molecular weight excluding hydrogens is 392 g/mol. The van der Waals surface area contributed by atoms with Gasteiger partial charge < -0.3 is 19.9 Å². The molecule has 2 N–H and O–H groups in total. The number of amides is 2. The van der Waals surface area contributed by atoms with Crippen molar-refractivity contribution in [2.45, 2.75) is 25.5 Å². The summed E-state index contributed by atoms with van der Waals surface area (Å²) in [6.07, 6.45) is 1.13. The lowest BCUT2D eigenvalue weighted by molar-refractivity contribution is -0.124. The molecule has 0 bridgehead atoms. The third kappa shape index (κ3) is 4.20. The first kappa shape index (κ1) is 19.3. The van der Waals surface area contributed by atoms with E-state index in [4.69, 9.17) is 4.74 Å². The van der Waals surface area contributed by atoms with Crippen LogP contribution in [-0.2, 0) is 16.1 Å². The summed E-state index contributed by atoms with van der Waals surface area (Å²) in [5, 5.41) is 4.61. The first-order valence-corrected chi connectivity index (χ1v) is 10.1. The number of rotatable bonds is 5. The Morgan fingerprint density at radius 2 is 2.24 bits per heavy atom. The summed E-state index contributed by atoms with van der Waals surface area (Å²) in [7, 11) is 1.64. The highest BCUT2D eigenvalue weighted by molar-refractivity contribution is 7.17. The van der Waals surface area contributed by atoms with Crippen LogP contribution in [0.4, 0.5) is 5.69 Å². The number of aromatic amines is 1. The number of hydrogen-bond acceptors (Lipinski definition) is 6. The van der Waals surface area contributed by atoms with E-state index in [0.29, 0.717) is 40.3 Å². The van der Waals surface area contributed by atoms with Gasteiger partial charge in [0.15, 0.2) is 0 Å². The minimum Gasteiger partial charge on any atom is -0.368 e. The van der Waals surface area contributed by atoms with E-state index in [1.807, 2.05) is 5.38 Å². The summed E-state index contributed by atoms with van der Waals surface area (Å²) in [4.78, 5) is 45.7. The molecule has 1 aliphatic rings. The van der Waals surface area contributed by atoms with E-state index in [-0.39, 0.29) is 23.9 Å². The van der Waals surface area contributed by atoms with Crippen LogP contribution in [0.3, 0.4) is 0 Å². The number of nitrogens with zero attached hydrogens (tertiary/aromatic N) is 2. The maximum atomic E-state index is 12.8. The van der Waals surface area contributed by atoms with E-state index in [2.05, 4.69) is 15.3 Å². The molecule has 3 heterocycles. The van der Waals surface area contributed by atoms with Gasteiger partial charge in [-0.2, -0.15) is 0 Å². The molecule has 150 valence electrons. The molecule has 2 amide bonds. The summed E-state index contributed by atoms with van der Waals surface area (Å²) in [6.45, 7) is 0.751. The number of benzene rings is 1. The normalized spacial score (nSPS) is 16.1. The summed E-state index contributed by atoms with van der Waals surface area (Å²) in [6, 6.07) is 8.53. The Labute approximate surface area is 170 Å². The van der Waals surface area contributed by atoms with Crippen LogP contribution >= 0.6 is 11.3 Å². The van der Waals surface area contributed by atoms with E-state index >= 15 is 0 Å². The van der Waals surface area contributed by atoms with Crippen molar-refractivity contribution in [1.82, 2.24) is 14.9 Å². The van der Waals surface area contributed by atoms with E-state index in [0.717, 1.165) is 6.42 Å². The van der Waals surface area contributed by atoms with Crippen LogP contribution in [0.2, 0.25) is 0 Å². The molecule has 1 aromatic carbocycles. The SMILES string of the molecule is CN(Cc1nc2ccsc2c(=O)[nH]1)C(=O)c1cccc(NC(=O)C2CCCO2)c1. The van der Waals surface area contributed by atoms with Crippen molar-refractivity contribution in [2.75, 3.05) is 19.0 Å². The van der Waals surface area contributed by atoms with Crippen LogP contribution in [0.1, 0.15) is 29.0 Å². The Morgan fingerprint density at radius 3 is 3.03 bits per heavy atom. The molecule has 1 saturated heterocycles. The van der Waals surface area contributed by atoms with Gasteiger partial charge in [0.05, 0.1) is 12.1 Å². The number of nitrogens with one attached hydrogen (secondary N) is 2. The molecule has 0 saturated carbocycles. The summed E-state index contributed by atoms with van der Waals surface area (Å²) in [5.74, 6) is -0.0304. The molecule has 1 unspecified atom stereocenters. The van der Waals surface area contributed by atoms with Crippen LogP contribution in [0, 0.1) is 0 Å². The average molecular weight is 412 g/mol. The molecule has 1 aliphatic heterocycles. The van der Waals surface area contributed by atoms with E-state index < -0.39 is 6.10 Å². The van der Waals surface area contributed by atoms with Crippen molar-refractivity contribution in [2.24, 2.45) is 0 Å². The van der Waals surface area contributed by atoms with E-state index in [1.54, 1.807) is 37.4 Å². The Morgan fingerprint density at radius 1 is 1.38 bits per heavy atom. The van der Waals surface area contributed by atoms with Crippen molar-refractivity contribution in [3.8, 4) is 0 Å². The van der Waals surface area contributed by atoms with Gasteiger partial charge in [-0.05, 0) is 42.5 Å². The Balaban J connectivity index is 1.46. The van der Waals surface area contributed by atoms with Gasteiger partial charge in [-0.25, -0.2) is 4.98 Å². The maximum absolute atomic E-state index is 12.8. The van der Waals surface area contributed by atoms with Crippen molar-refractivity contribution >= 4 is 39.1 Å². The molecule has 0 aliphatic carbocycles. The van der Waals surface area contributed by atoms with Gasteiger partial charge in [0.1, 0.15) is 16.6 Å². The number of aromatic nitrogens is 2. The van der Waals surface area contributed by atoms with Gasteiger partial charge in [-0.1, -0.05) is 6.07 Å². The van der Waals surface area contributed by atoms with Gasteiger partial charge in [0.25, 0.3) is 17.4 Å². The molecule has 29 heavy (non-hydrogen) atoms. The minimum absolute atomic E-state index is 0.159. The third-order valence-electron chi connectivity index (χ3n) is 4.70.